The average molecular weight is 467 g/mol. The summed E-state index contributed by atoms with van der Waals surface area (Å²) in [7, 11) is 0. The van der Waals surface area contributed by atoms with Gasteiger partial charge in [-0.15, -0.1) is 11.3 Å². The lowest BCUT2D eigenvalue weighted by atomic mass is 9.82. The Bertz CT molecular complexity index is 1980. The van der Waals surface area contributed by atoms with Gasteiger partial charge in [0.1, 0.15) is 11.2 Å². The molecule has 1 nitrogen and oxygen atoms in total. The van der Waals surface area contributed by atoms with Gasteiger partial charge >= 0.3 is 0 Å². The van der Waals surface area contributed by atoms with Crippen LogP contribution in [-0.2, 0) is 5.41 Å². The van der Waals surface area contributed by atoms with Gasteiger partial charge in [0.15, 0.2) is 0 Å². The molecule has 5 aromatic carbocycles. The molecule has 0 saturated heterocycles. The average Bonchev–Trinajstić information content (AvgIpc) is 3.50. The molecule has 8 rings (SSSR count). The van der Waals surface area contributed by atoms with Crippen molar-refractivity contribution in [1.82, 2.24) is 0 Å². The molecule has 0 amide bonds. The van der Waals surface area contributed by atoms with Crippen molar-refractivity contribution in [2.45, 2.75) is 19.3 Å². The van der Waals surface area contributed by atoms with E-state index in [0.717, 1.165) is 11.2 Å². The predicted molar refractivity (Wildman–Crippen MR) is 150 cm³/mol. The van der Waals surface area contributed by atoms with Crippen molar-refractivity contribution in [3.8, 4) is 22.3 Å². The summed E-state index contributed by atoms with van der Waals surface area (Å²) in [6.45, 7) is 4.63. The molecule has 0 aliphatic heterocycles. The molecule has 35 heavy (non-hydrogen) atoms. The molecule has 166 valence electrons. The first-order chi connectivity index (χ1) is 17.1. The van der Waals surface area contributed by atoms with E-state index in [1.807, 2.05) is 11.3 Å². The summed E-state index contributed by atoms with van der Waals surface area (Å²) in [4.78, 5) is 0. The van der Waals surface area contributed by atoms with Gasteiger partial charge in [-0.25, -0.2) is 0 Å². The van der Waals surface area contributed by atoms with Crippen molar-refractivity contribution in [2.24, 2.45) is 0 Å². The van der Waals surface area contributed by atoms with Gasteiger partial charge in [-0.2, -0.15) is 0 Å². The standard InChI is InChI=1S/C33H22OS/c1-33(2)27-9-5-3-7-21(27)25-17-26-22-13-11-19(15-29(22)34-30(26)18-28(25)33)20-12-14-24-23-8-4-6-10-31(23)35-32(24)16-20/h3-18H,1-2H3. The predicted octanol–water partition coefficient (Wildman–Crippen LogP) is 9.93. The summed E-state index contributed by atoms with van der Waals surface area (Å²) in [6.07, 6.45) is 0. The Morgan fingerprint density at radius 1 is 0.543 bits per heavy atom. The molecule has 2 aromatic heterocycles. The lowest BCUT2D eigenvalue weighted by molar-refractivity contribution is 0.647. The zero-order valence-corrected chi connectivity index (χ0v) is 20.4. The summed E-state index contributed by atoms with van der Waals surface area (Å²) in [5.74, 6) is 0. The summed E-state index contributed by atoms with van der Waals surface area (Å²) >= 11 is 1.86. The second kappa shape index (κ2) is 6.62. The van der Waals surface area contributed by atoms with Crippen LogP contribution < -0.4 is 0 Å². The summed E-state index contributed by atoms with van der Waals surface area (Å²) in [5, 5.41) is 5.04. The fourth-order valence-electron chi connectivity index (χ4n) is 6.06. The molecule has 0 bridgehead atoms. The number of benzene rings is 5. The SMILES string of the molecule is CC1(C)c2ccccc2-c2cc3c(cc21)oc1cc(-c2ccc4c(c2)sc2ccccc24)ccc13. The minimum absolute atomic E-state index is 0.0239. The molecular formula is C33H22OS. The smallest absolute Gasteiger partial charge is 0.136 e. The van der Waals surface area contributed by atoms with Crippen molar-refractivity contribution >= 4 is 53.4 Å². The van der Waals surface area contributed by atoms with Gasteiger partial charge < -0.3 is 4.42 Å². The lowest BCUT2D eigenvalue weighted by Crippen LogP contribution is -2.14. The summed E-state index contributed by atoms with van der Waals surface area (Å²) < 4.78 is 9.13. The zero-order chi connectivity index (χ0) is 23.3. The zero-order valence-electron chi connectivity index (χ0n) is 19.6. The lowest BCUT2D eigenvalue weighted by Gasteiger charge is -2.21. The molecule has 0 saturated carbocycles. The van der Waals surface area contributed by atoms with E-state index in [-0.39, 0.29) is 5.41 Å². The Kier molecular flexibility index (Phi) is 3.67. The van der Waals surface area contributed by atoms with Crippen molar-refractivity contribution in [2.75, 3.05) is 0 Å². The quantitative estimate of drug-likeness (QED) is 0.235. The van der Waals surface area contributed by atoms with Crippen LogP contribution in [0, 0.1) is 0 Å². The second-order valence-corrected chi connectivity index (χ2v) is 11.3. The number of fused-ring (bicyclic) bond motifs is 9. The van der Waals surface area contributed by atoms with E-state index in [0.29, 0.717) is 0 Å². The third-order valence-corrected chi connectivity index (χ3v) is 9.02. The molecule has 0 spiro atoms. The fourth-order valence-corrected chi connectivity index (χ4v) is 7.20. The largest absolute Gasteiger partial charge is 0.456 e. The van der Waals surface area contributed by atoms with E-state index in [4.69, 9.17) is 4.42 Å². The molecule has 7 aromatic rings. The van der Waals surface area contributed by atoms with E-state index in [2.05, 4.69) is 111 Å². The highest BCUT2D eigenvalue weighted by molar-refractivity contribution is 7.25. The molecule has 0 atom stereocenters. The van der Waals surface area contributed by atoms with Gasteiger partial charge in [0.05, 0.1) is 0 Å². The van der Waals surface area contributed by atoms with E-state index in [1.54, 1.807) is 0 Å². The molecule has 1 aliphatic rings. The number of furan rings is 1. The molecular weight excluding hydrogens is 444 g/mol. The van der Waals surface area contributed by atoms with E-state index in [1.165, 1.54) is 64.3 Å². The maximum absolute atomic E-state index is 6.47. The van der Waals surface area contributed by atoms with Gasteiger partial charge in [-0.1, -0.05) is 74.5 Å². The van der Waals surface area contributed by atoms with Crippen LogP contribution in [0.5, 0.6) is 0 Å². The third kappa shape index (κ3) is 2.58. The number of hydrogen-bond donors (Lipinski definition) is 0. The highest BCUT2D eigenvalue weighted by Crippen LogP contribution is 2.50. The van der Waals surface area contributed by atoms with Crippen molar-refractivity contribution in [3.63, 3.8) is 0 Å². The molecule has 2 heterocycles. The van der Waals surface area contributed by atoms with E-state index >= 15 is 0 Å². The minimum Gasteiger partial charge on any atom is -0.456 e. The maximum Gasteiger partial charge on any atom is 0.136 e. The first kappa shape index (κ1) is 19.4. The van der Waals surface area contributed by atoms with Crippen LogP contribution in [0.3, 0.4) is 0 Å². The summed E-state index contributed by atoms with van der Waals surface area (Å²) in [5.41, 5.74) is 9.73. The van der Waals surface area contributed by atoms with Crippen LogP contribution in [-0.4, -0.2) is 0 Å². The van der Waals surface area contributed by atoms with Crippen LogP contribution in [0.2, 0.25) is 0 Å². The maximum atomic E-state index is 6.47. The molecule has 2 heteroatoms. The molecule has 0 fully saturated rings. The Hall–Kier alpha value is -3.88. The minimum atomic E-state index is -0.0239. The summed E-state index contributed by atoms with van der Waals surface area (Å²) in [6, 6.07) is 35.5. The monoisotopic (exact) mass is 466 g/mol. The van der Waals surface area contributed by atoms with Crippen LogP contribution in [0.4, 0.5) is 0 Å². The van der Waals surface area contributed by atoms with Crippen LogP contribution in [0.15, 0.2) is 101 Å². The van der Waals surface area contributed by atoms with Gasteiger partial charge in [-0.05, 0) is 69.8 Å². The first-order valence-corrected chi connectivity index (χ1v) is 12.9. The number of rotatable bonds is 1. The fraction of sp³-hybridized carbons (Fsp3) is 0.0909. The third-order valence-electron chi connectivity index (χ3n) is 7.89. The van der Waals surface area contributed by atoms with Crippen molar-refractivity contribution in [1.29, 1.82) is 0 Å². The first-order valence-electron chi connectivity index (χ1n) is 12.1. The number of hydrogen-bond acceptors (Lipinski definition) is 2. The van der Waals surface area contributed by atoms with Crippen LogP contribution >= 0.6 is 11.3 Å². The van der Waals surface area contributed by atoms with Gasteiger partial charge in [0, 0.05) is 36.4 Å². The molecule has 1 aliphatic carbocycles. The normalized spacial score (nSPS) is 14.2. The van der Waals surface area contributed by atoms with Crippen molar-refractivity contribution < 1.29 is 4.42 Å². The Balaban J connectivity index is 1.30. The molecule has 0 unspecified atom stereocenters. The topological polar surface area (TPSA) is 13.1 Å². The highest BCUT2D eigenvalue weighted by Gasteiger charge is 2.35. The van der Waals surface area contributed by atoms with Gasteiger partial charge in [0.25, 0.3) is 0 Å². The van der Waals surface area contributed by atoms with E-state index in [9.17, 15) is 0 Å². The molecule has 0 radical (unpaired) electrons. The van der Waals surface area contributed by atoms with Crippen LogP contribution in [0.1, 0.15) is 25.0 Å². The second-order valence-electron chi connectivity index (χ2n) is 10.2. The van der Waals surface area contributed by atoms with Gasteiger partial charge in [-0.3, -0.25) is 0 Å². The Morgan fingerprint density at radius 2 is 1.26 bits per heavy atom. The Labute approximate surface area is 207 Å². The highest BCUT2D eigenvalue weighted by atomic mass is 32.1. The molecule has 0 N–H and O–H groups in total. The van der Waals surface area contributed by atoms with Crippen LogP contribution in [0.25, 0.3) is 64.4 Å². The Morgan fingerprint density at radius 3 is 2.17 bits per heavy atom. The number of thiophene rings is 1. The van der Waals surface area contributed by atoms with Crippen molar-refractivity contribution in [3.05, 3.63) is 108 Å². The van der Waals surface area contributed by atoms with Gasteiger partial charge in [0.2, 0.25) is 0 Å². The van der Waals surface area contributed by atoms with E-state index < -0.39 is 0 Å².